The molecule has 1 heterocycles. The predicted molar refractivity (Wildman–Crippen MR) is 48.2 cm³/mol. The van der Waals surface area contributed by atoms with Crippen LogP contribution < -0.4 is 4.74 Å². The van der Waals surface area contributed by atoms with Gasteiger partial charge in [-0.1, -0.05) is 6.07 Å². The quantitative estimate of drug-likeness (QED) is 0.603. The normalized spacial score (nSPS) is 17.4. The fourth-order valence-electron chi connectivity index (χ4n) is 1.49. The summed E-state index contributed by atoms with van der Waals surface area (Å²) in [5, 5.41) is 0. The molecule has 0 spiro atoms. The van der Waals surface area contributed by atoms with Gasteiger partial charge in [0.1, 0.15) is 18.2 Å². The molecule has 1 aromatic rings. The van der Waals surface area contributed by atoms with Crippen LogP contribution in [0.2, 0.25) is 0 Å². The maximum Gasteiger partial charge on any atom is 0.131 e. The van der Waals surface area contributed by atoms with Gasteiger partial charge in [0.05, 0.1) is 0 Å². The number of hydrogen-bond acceptors (Lipinski definition) is 2. The second-order valence-corrected chi connectivity index (χ2v) is 3.30. The minimum Gasteiger partial charge on any atom is -0.492 e. The van der Waals surface area contributed by atoms with Gasteiger partial charge in [-0.3, -0.25) is 4.90 Å². The number of hydrogen-bond donors (Lipinski definition) is 0. The zero-order valence-electron chi connectivity index (χ0n) is 7.59. The van der Waals surface area contributed by atoms with Crippen molar-refractivity contribution < 1.29 is 9.13 Å². The Bertz CT molecular complexity index is 314. The number of halogens is 1. The summed E-state index contributed by atoms with van der Waals surface area (Å²) in [4.78, 5) is 2.05. The Morgan fingerprint density at radius 1 is 1.46 bits per heavy atom. The molecule has 70 valence electrons. The zero-order valence-corrected chi connectivity index (χ0v) is 7.59. The van der Waals surface area contributed by atoms with E-state index in [2.05, 4.69) is 4.90 Å². The lowest BCUT2D eigenvalue weighted by Crippen LogP contribution is -2.20. The summed E-state index contributed by atoms with van der Waals surface area (Å²) in [6, 6.07) is 4.97. The third kappa shape index (κ3) is 1.65. The molecule has 0 atom stereocenters. The standard InChI is InChI=1S/C10H12FNO/c1-12-5-6-13-10-4-2-3-9(11)8(10)7-12/h2-4H,5-7H2,1H3. The molecule has 0 saturated heterocycles. The van der Waals surface area contributed by atoms with E-state index in [1.165, 1.54) is 6.07 Å². The van der Waals surface area contributed by atoms with Crippen LogP contribution >= 0.6 is 0 Å². The number of benzene rings is 1. The van der Waals surface area contributed by atoms with E-state index in [-0.39, 0.29) is 5.82 Å². The van der Waals surface area contributed by atoms with Gasteiger partial charge in [0, 0.05) is 18.7 Å². The molecule has 1 aliphatic heterocycles. The minimum atomic E-state index is -0.175. The lowest BCUT2D eigenvalue weighted by atomic mass is 10.2. The Balaban J connectivity index is 2.40. The summed E-state index contributed by atoms with van der Waals surface area (Å²) in [7, 11) is 1.96. The van der Waals surface area contributed by atoms with Crippen LogP contribution in [0.5, 0.6) is 5.75 Å². The molecule has 2 rings (SSSR count). The van der Waals surface area contributed by atoms with Gasteiger partial charge >= 0.3 is 0 Å². The molecule has 0 aliphatic carbocycles. The van der Waals surface area contributed by atoms with Crippen molar-refractivity contribution in [3.05, 3.63) is 29.6 Å². The van der Waals surface area contributed by atoms with E-state index in [0.29, 0.717) is 24.5 Å². The number of ether oxygens (including phenoxy) is 1. The van der Waals surface area contributed by atoms with Crippen LogP contribution in [0.15, 0.2) is 18.2 Å². The number of nitrogens with zero attached hydrogens (tertiary/aromatic N) is 1. The van der Waals surface area contributed by atoms with Crippen LogP contribution in [0, 0.1) is 5.82 Å². The molecule has 1 aromatic carbocycles. The van der Waals surface area contributed by atoms with Crippen LogP contribution in [-0.2, 0) is 6.54 Å². The third-order valence-electron chi connectivity index (χ3n) is 2.23. The van der Waals surface area contributed by atoms with Crippen molar-refractivity contribution in [1.29, 1.82) is 0 Å². The summed E-state index contributed by atoms with van der Waals surface area (Å²) in [6.07, 6.45) is 0. The zero-order chi connectivity index (χ0) is 9.26. The van der Waals surface area contributed by atoms with Crippen LogP contribution in [0.1, 0.15) is 5.56 Å². The molecule has 0 amide bonds. The topological polar surface area (TPSA) is 12.5 Å². The van der Waals surface area contributed by atoms with E-state index in [0.717, 1.165) is 6.54 Å². The maximum absolute atomic E-state index is 13.3. The molecular formula is C10H12FNO. The Kier molecular flexibility index (Phi) is 2.19. The average molecular weight is 181 g/mol. The highest BCUT2D eigenvalue weighted by atomic mass is 19.1. The highest BCUT2D eigenvalue weighted by Crippen LogP contribution is 2.24. The molecule has 3 heteroatoms. The molecule has 0 unspecified atom stereocenters. The Morgan fingerprint density at radius 3 is 3.15 bits per heavy atom. The number of fused-ring (bicyclic) bond motifs is 1. The van der Waals surface area contributed by atoms with Gasteiger partial charge < -0.3 is 4.74 Å². The molecule has 0 aromatic heterocycles. The molecule has 2 nitrogen and oxygen atoms in total. The van der Waals surface area contributed by atoms with E-state index < -0.39 is 0 Å². The number of likely N-dealkylation sites (N-methyl/N-ethyl adjacent to an activating group) is 1. The Morgan fingerprint density at radius 2 is 2.31 bits per heavy atom. The predicted octanol–water partition coefficient (Wildman–Crippen LogP) is 1.65. The minimum absolute atomic E-state index is 0.175. The van der Waals surface area contributed by atoms with E-state index >= 15 is 0 Å². The van der Waals surface area contributed by atoms with Crippen LogP contribution in [0.3, 0.4) is 0 Å². The number of rotatable bonds is 0. The van der Waals surface area contributed by atoms with E-state index in [9.17, 15) is 4.39 Å². The molecule has 0 bridgehead atoms. The van der Waals surface area contributed by atoms with Crippen molar-refractivity contribution in [2.75, 3.05) is 20.2 Å². The lowest BCUT2D eigenvalue weighted by Gasteiger charge is -2.11. The Hall–Kier alpha value is -1.09. The molecular weight excluding hydrogens is 169 g/mol. The molecule has 0 N–H and O–H groups in total. The van der Waals surface area contributed by atoms with Crippen LogP contribution in [0.4, 0.5) is 4.39 Å². The van der Waals surface area contributed by atoms with E-state index in [4.69, 9.17) is 4.74 Å². The summed E-state index contributed by atoms with van der Waals surface area (Å²) in [5.41, 5.74) is 0.669. The van der Waals surface area contributed by atoms with Gasteiger partial charge in [0.15, 0.2) is 0 Å². The molecule has 1 aliphatic rings. The first-order valence-corrected chi connectivity index (χ1v) is 4.36. The van der Waals surface area contributed by atoms with Crippen molar-refractivity contribution in [1.82, 2.24) is 4.90 Å². The summed E-state index contributed by atoms with van der Waals surface area (Å²) >= 11 is 0. The largest absolute Gasteiger partial charge is 0.492 e. The first-order valence-electron chi connectivity index (χ1n) is 4.36. The maximum atomic E-state index is 13.3. The van der Waals surface area contributed by atoms with Gasteiger partial charge in [0.25, 0.3) is 0 Å². The first-order chi connectivity index (χ1) is 6.27. The SMILES string of the molecule is CN1CCOc2cccc(F)c2C1. The van der Waals surface area contributed by atoms with Gasteiger partial charge in [0.2, 0.25) is 0 Å². The van der Waals surface area contributed by atoms with Crippen molar-refractivity contribution >= 4 is 0 Å². The molecule has 0 radical (unpaired) electrons. The van der Waals surface area contributed by atoms with Crippen molar-refractivity contribution in [3.8, 4) is 5.75 Å². The van der Waals surface area contributed by atoms with Gasteiger partial charge in [-0.25, -0.2) is 4.39 Å². The monoisotopic (exact) mass is 181 g/mol. The smallest absolute Gasteiger partial charge is 0.131 e. The molecule has 0 fully saturated rings. The van der Waals surface area contributed by atoms with E-state index in [1.54, 1.807) is 6.07 Å². The summed E-state index contributed by atoms with van der Waals surface area (Å²) < 4.78 is 18.7. The molecule has 0 saturated carbocycles. The van der Waals surface area contributed by atoms with Gasteiger partial charge in [-0.15, -0.1) is 0 Å². The first kappa shape index (κ1) is 8.51. The average Bonchev–Trinajstić information content (AvgIpc) is 2.28. The van der Waals surface area contributed by atoms with Crippen LogP contribution in [-0.4, -0.2) is 25.1 Å². The summed E-state index contributed by atoms with van der Waals surface area (Å²) in [5.74, 6) is 0.510. The van der Waals surface area contributed by atoms with E-state index in [1.807, 2.05) is 13.1 Å². The second kappa shape index (κ2) is 3.34. The van der Waals surface area contributed by atoms with Crippen molar-refractivity contribution in [2.24, 2.45) is 0 Å². The van der Waals surface area contributed by atoms with Crippen LogP contribution in [0.25, 0.3) is 0 Å². The summed E-state index contributed by atoms with van der Waals surface area (Å²) in [6.45, 7) is 2.10. The highest BCUT2D eigenvalue weighted by Gasteiger charge is 2.15. The Labute approximate surface area is 76.9 Å². The lowest BCUT2D eigenvalue weighted by molar-refractivity contribution is 0.258. The fraction of sp³-hybridized carbons (Fsp3) is 0.400. The fourth-order valence-corrected chi connectivity index (χ4v) is 1.49. The van der Waals surface area contributed by atoms with Gasteiger partial charge in [-0.2, -0.15) is 0 Å². The highest BCUT2D eigenvalue weighted by molar-refractivity contribution is 5.35. The second-order valence-electron chi connectivity index (χ2n) is 3.30. The third-order valence-corrected chi connectivity index (χ3v) is 2.23. The van der Waals surface area contributed by atoms with Crippen molar-refractivity contribution in [3.63, 3.8) is 0 Å². The van der Waals surface area contributed by atoms with Crippen molar-refractivity contribution in [2.45, 2.75) is 6.54 Å². The van der Waals surface area contributed by atoms with Gasteiger partial charge in [-0.05, 0) is 19.2 Å². The molecule has 13 heavy (non-hydrogen) atoms.